The molecule has 4 nitrogen and oxygen atoms in total. The molecule has 1 heterocycles. The number of amides is 1. The van der Waals surface area contributed by atoms with Gasteiger partial charge in [-0.05, 0) is 31.4 Å². The zero-order chi connectivity index (χ0) is 21.1. The summed E-state index contributed by atoms with van der Waals surface area (Å²) in [5.41, 5.74) is -3.48. The molecular weight excluding hydrogens is 453 g/mol. The quantitative estimate of drug-likeness (QED) is 0.652. The minimum Gasteiger partial charge on any atom is -0.480 e. The first kappa shape index (κ1) is 21.0. The number of hydrogen-bond acceptors (Lipinski definition) is 2. The second-order valence-corrected chi connectivity index (χ2v) is 8.53. The lowest BCUT2D eigenvalue weighted by Gasteiger charge is -2.27. The Kier molecular flexibility index (Phi) is 5.01. The Morgan fingerprint density at radius 2 is 1.79 bits per heavy atom. The highest BCUT2D eigenvalue weighted by Crippen LogP contribution is 2.51. The highest BCUT2D eigenvalue weighted by atomic mass is 79.9. The molecule has 0 bridgehead atoms. The maximum atomic E-state index is 15.1. The number of nitrogens with zero attached hydrogens (tertiary/aromatic N) is 1. The van der Waals surface area contributed by atoms with Gasteiger partial charge in [0.1, 0.15) is 6.04 Å². The Morgan fingerprint density at radius 3 is 2.29 bits per heavy atom. The molecule has 1 saturated carbocycles. The van der Waals surface area contributed by atoms with Gasteiger partial charge in [0.15, 0.2) is 0 Å². The fourth-order valence-electron chi connectivity index (χ4n) is 3.57. The van der Waals surface area contributed by atoms with Gasteiger partial charge in [-0.3, -0.25) is 4.79 Å². The van der Waals surface area contributed by atoms with Crippen LogP contribution in [0.2, 0.25) is 0 Å². The summed E-state index contributed by atoms with van der Waals surface area (Å²) in [6, 6.07) is 0.859. The van der Waals surface area contributed by atoms with Crippen LogP contribution in [0.1, 0.15) is 37.3 Å². The fourth-order valence-corrected chi connectivity index (χ4v) is 3.93. The van der Waals surface area contributed by atoms with Crippen LogP contribution in [0.5, 0.6) is 0 Å². The topological polar surface area (TPSA) is 57.6 Å². The minimum absolute atomic E-state index is 0.00679. The van der Waals surface area contributed by atoms with E-state index in [-0.39, 0.29) is 4.47 Å². The second kappa shape index (κ2) is 6.67. The molecule has 2 fully saturated rings. The summed E-state index contributed by atoms with van der Waals surface area (Å²) in [6.07, 6.45) is -4.57. The number of rotatable bonds is 4. The normalized spacial score (nSPS) is 24.3. The van der Waals surface area contributed by atoms with Gasteiger partial charge in [-0.15, -0.1) is 0 Å². The van der Waals surface area contributed by atoms with Gasteiger partial charge in [-0.2, -0.15) is 13.2 Å². The van der Waals surface area contributed by atoms with E-state index in [1.165, 1.54) is 0 Å². The zero-order valence-corrected chi connectivity index (χ0v) is 16.3. The average molecular weight is 470 g/mol. The van der Waals surface area contributed by atoms with E-state index >= 15 is 8.78 Å². The van der Waals surface area contributed by atoms with E-state index in [4.69, 9.17) is 0 Å². The molecule has 28 heavy (non-hydrogen) atoms. The summed E-state index contributed by atoms with van der Waals surface area (Å²) in [6.45, 7) is 1.02. The SMILES string of the molecule is CC1(C(=O)N2CC(C(F)(F)c3ccc(Br)cc3C(F)(F)F)C[C@H]2C(=O)O)CC1. The van der Waals surface area contributed by atoms with Crippen LogP contribution in [0, 0.1) is 11.3 Å². The van der Waals surface area contributed by atoms with Gasteiger partial charge in [0, 0.05) is 27.9 Å². The molecule has 3 rings (SSSR count). The molecule has 2 atom stereocenters. The van der Waals surface area contributed by atoms with E-state index in [0.29, 0.717) is 25.0 Å². The van der Waals surface area contributed by atoms with Gasteiger partial charge in [0.05, 0.1) is 5.56 Å². The molecule has 1 aliphatic heterocycles. The van der Waals surface area contributed by atoms with Gasteiger partial charge in [-0.1, -0.05) is 28.9 Å². The van der Waals surface area contributed by atoms with Crippen LogP contribution in [0.15, 0.2) is 22.7 Å². The summed E-state index contributed by atoms with van der Waals surface area (Å²) >= 11 is 2.85. The largest absolute Gasteiger partial charge is 0.480 e. The van der Waals surface area contributed by atoms with Crippen LogP contribution in [0.25, 0.3) is 0 Å². The minimum atomic E-state index is -5.01. The van der Waals surface area contributed by atoms with E-state index in [1.54, 1.807) is 6.92 Å². The van der Waals surface area contributed by atoms with Crippen molar-refractivity contribution in [3.8, 4) is 0 Å². The van der Waals surface area contributed by atoms with Gasteiger partial charge in [0.25, 0.3) is 5.92 Å². The van der Waals surface area contributed by atoms with E-state index in [1.807, 2.05) is 0 Å². The Labute approximate surface area is 165 Å². The molecule has 1 N–H and O–H groups in total. The number of halogens is 6. The highest BCUT2D eigenvalue weighted by Gasteiger charge is 2.57. The predicted molar refractivity (Wildman–Crippen MR) is 91.6 cm³/mol. The molecule has 1 saturated heterocycles. The van der Waals surface area contributed by atoms with E-state index in [9.17, 15) is 27.9 Å². The monoisotopic (exact) mass is 469 g/mol. The van der Waals surface area contributed by atoms with Gasteiger partial charge in [-0.25, -0.2) is 13.6 Å². The van der Waals surface area contributed by atoms with Crippen molar-refractivity contribution in [2.45, 2.75) is 44.3 Å². The molecule has 10 heteroatoms. The van der Waals surface area contributed by atoms with Crippen molar-refractivity contribution in [2.24, 2.45) is 11.3 Å². The number of likely N-dealkylation sites (tertiary alicyclic amines) is 1. The highest BCUT2D eigenvalue weighted by molar-refractivity contribution is 9.10. The second-order valence-electron chi connectivity index (χ2n) is 7.62. The standard InChI is InChI=1S/C18H17BrF5NO3/c1-16(4-5-16)15(28)25-8-9(6-13(25)14(26)27)17(20,21)11-3-2-10(19)7-12(11)18(22,23)24/h2-3,7,9,13H,4-6,8H2,1H3,(H,26,27)/t9?,13-/m0/s1. The Bertz CT molecular complexity index is 822. The maximum absolute atomic E-state index is 15.1. The van der Waals surface area contributed by atoms with Gasteiger partial charge in [0.2, 0.25) is 5.91 Å². The Hall–Kier alpha value is -1.71. The molecular formula is C18H17BrF5NO3. The molecule has 0 spiro atoms. The molecule has 1 aliphatic carbocycles. The summed E-state index contributed by atoms with van der Waals surface area (Å²) in [4.78, 5) is 25.0. The molecule has 1 unspecified atom stereocenters. The molecule has 0 radical (unpaired) electrons. The molecule has 1 aromatic rings. The van der Waals surface area contributed by atoms with Crippen molar-refractivity contribution in [1.82, 2.24) is 4.90 Å². The number of alkyl halides is 5. The van der Waals surface area contributed by atoms with Gasteiger partial charge >= 0.3 is 12.1 Å². The first-order valence-corrected chi connectivity index (χ1v) is 9.35. The Balaban J connectivity index is 1.97. The molecule has 1 amide bonds. The predicted octanol–water partition coefficient (Wildman–Crippen LogP) is 4.66. The smallest absolute Gasteiger partial charge is 0.416 e. The van der Waals surface area contributed by atoms with Crippen LogP contribution in [0.3, 0.4) is 0 Å². The number of carboxylic acids is 1. The van der Waals surface area contributed by atoms with Crippen LogP contribution in [-0.4, -0.2) is 34.5 Å². The number of benzene rings is 1. The number of carbonyl (C=O) groups excluding carboxylic acids is 1. The third kappa shape index (κ3) is 3.62. The van der Waals surface area contributed by atoms with Crippen molar-refractivity contribution in [2.75, 3.05) is 6.54 Å². The zero-order valence-electron chi connectivity index (χ0n) is 14.7. The third-order valence-corrected chi connectivity index (χ3v) is 6.02. The lowest BCUT2D eigenvalue weighted by Crippen LogP contribution is -2.44. The van der Waals surface area contributed by atoms with Crippen molar-refractivity contribution >= 4 is 27.8 Å². The molecule has 1 aromatic carbocycles. The summed E-state index contributed by atoms with van der Waals surface area (Å²) in [5, 5.41) is 9.37. The van der Waals surface area contributed by atoms with E-state index in [0.717, 1.165) is 11.0 Å². The number of carbonyl (C=O) groups is 2. The first-order chi connectivity index (χ1) is 12.8. The lowest BCUT2D eigenvalue weighted by molar-refractivity contribution is -0.150. The number of hydrogen-bond donors (Lipinski definition) is 1. The van der Waals surface area contributed by atoms with Crippen LogP contribution < -0.4 is 0 Å². The molecule has 154 valence electrons. The van der Waals surface area contributed by atoms with Crippen LogP contribution in [-0.2, 0) is 21.7 Å². The molecule has 0 aromatic heterocycles. The third-order valence-electron chi connectivity index (χ3n) is 5.52. The lowest BCUT2D eigenvalue weighted by atomic mass is 9.89. The fraction of sp³-hybridized carbons (Fsp3) is 0.556. The first-order valence-electron chi connectivity index (χ1n) is 8.56. The molecule has 2 aliphatic rings. The van der Waals surface area contributed by atoms with Crippen LogP contribution >= 0.6 is 15.9 Å². The number of aliphatic carboxylic acids is 1. The van der Waals surface area contributed by atoms with Crippen molar-refractivity contribution in [3.63, 3.8) is 0 Å². The van der Waals surface area contributed by atoms with Crippen molar-refractivity contribution in [1.29, 1.82) is 0 Å². The van der Waals surface area contributed by atoms with Crippen molar-refractivity contribution in [3.05, 3.63) is 33.8 Å². The summed E-state index contributed by atoms with van der Waals surface area (Å²) < 4.78 is 70.2. The Morgan fingerprint density at radius 1 is 1.18 bits per heavy atom. The van der Waals surface area contributed by atoms with Crippen LogP contribution in [0.4, 0.5) is 22.0 Å². The van der Waals surface area contributed by atoms with Gasteiger partial charge < -0.3 is 10.0 Å². The van der Waals surface area contributed by atoms with E-state index in [2.05, 4.69) is 15.9 Å². The summed E-state index contributed by atoms with van der Waals surface area (Å²) in [7, 11) is 0. The van der Waals surface area contributed by atoms with Crippen molar-refractivity contribution < 1.29 is 36.6 Å². The maximum Gasteiger partial charge on any atom is 0.416 e. The number of carboxylic acid groups (broad SMARTS) is 1. The average Bonchev–Trinajstić information content (AvgIpc) is 3.17. The van der Waals surface area contributed by atoms with E-state index < -0.39 is 65.4 Å². The summed E-state index contributed by atoms with van der Waals surface area (Å²) in [5.74, 6) is -7.67.